The molecule has 9 aromatic rings. The first-order chi connectivity index (χ1) is 26.3. The highest BCUT2D eigenvalue weighted by atomic mass is 15.1. The standard InChI is InChI=1S/C52H33N/c1-2-11-34(12-3-1)35-23-28-39(29-24-35)53(50-22-8-14-37-13-4-5-15-41(37)50)40-30-25-36(26-31-40)38-27-32-43-46-19-10-20-47-48-21-9-18-45(52(48)49(43)33-38)42-16-6-7-17-44(42)51(46)47/h1-33H. The Morgan fingerprint density at radius 1 is 0.264 bits per heavy atom. The van der Waals surface area contributed by atoms with Crippen molar-refractivity contribution in [3.8, 4) is 77.9 Å². The lowest BCUT2D eigenvalue weighted by molar-refractivity contribution is 1.30. The maximum atomic E-state index is 2.42. The summed E-state index contributed by atoms with van der Waals surface area (Å²) in [5, 5.41) is 2.44. The Bertz CT molecular complexity index is 2840. The molecule has 246 valence electrons. The fourth-order valence-corrected chi connectivity index (χ4v) is 8.75. The summed E-state index contributed by atoms with van der Waals surface area (Å²) in [7, 11) is 0. The van der Waals surface area contributed by atoms with E-state index in [4.69, 9.17) is 0 Å². The molecule has 6 bridgehead atoms. The van der Waals surface area contributed by atoms with E-state index in [0.29, 0.717) is 0 Å². The summed E-state index contributed by atoms with van der Waals surface area (Å²) in [6.45, 7) is 0. The minimum Gasteiger partial charge on any atom is -0.310 e. The molecule has 2 aliphatic rings. The van der Waals surface area contributed by atoms with E-state index < -0.39 is 0 Å². The van der Waals surface area contributed by atoms with E-state index in [2.05, 4.69) is 205 Å². The van der Waals surface area contributed by atoms with Gasteiger partial charge in [-0.1, -0.05) is 164 Å². The molecule has 0 amide bonds. The molecule has 0 aliphatic heterocycles. The molecule has 53 heavy (non-hydrogen) atoms. The Balaban J connectivity index is 1.04. The van der Waals surface area contributed by atoms with Crippen LogP contribution in [0.3, 0.4) is 0 Å². The first-order valence-electron chi connectivity index (χ1n) is 18.3. The lowest BCUT2D eigenvalue weighted by atomic mass is 9.83. The second-order valence-electron chi connectivity index (χ2n) is 14.1. The summed E-state index contributed by atoms with van der Waals surface area (Å²) < 4.78 is 0. The van der Waals surface area contributed by atoms with E-state index in [0.717, 1.165) is 17.1 Å². The molecule has 0 radical (unpaired) electrons. The lowest BCUT2D eigenvalue weighted by Crippen LogP contribution is -2.10. The van der Waals surface area contributed by atoms with Crippen LogP contribution in [0.5, 0.6) is 0 Å². The molecule has 9 aromatic carbocycles. The van der Waals surface area contributed by atoms with Crippen LogP contribution in [-0.4, -0.2) is 0 Å². The summed E-state index contributed by atoms with van der Waals surface area (Å²) >= 11 is 0. The zero-order chi connectivity index (χ0) is 34.9. The van der Waals surface area contributed by atoms with Crippen LogP contribution < -0.4 is 4.90 Å². The largest absolute Gasteiger partial charge is 0.310 e. The maximum Gasteiger partial charge on any atom is 0.0540 e. The normalized spacial score (nSPS) is 11.8. The van der Waals surface area contributed by atoms with Crippen molar-refractivity contribution in [1.82, 2.24) is 0 Å². The van der Waals surface area contributed by atoms with Crippen molar-refractivity contribution in [2.75, 3.05) is 4.90 Å². The molecular weight excluding hydrogens is 639 g/mol. The quantitative estimate of drug-likeness (QED) is 0.176. The van der Waals surface area contributed by atoms with Gasteiger partial charge < -0.3 is 4.90 Å². The van der Waals surface area contributed by atoms with Crippen molar-refractivity contribution in [2.45, 2.75) is 0 Å². The Kier molecular flexibility index (Phi) is 6.62. The van der Waals surface area contributed by atoms with Gasteiger partial charge in [-0.15, -0.1) is 0 Å². The fourth-order valence-electron chi connectivity index (χ4n) is 8.75. The number of rotatable bonds is 5. The predicted molar refractivity (Wildman–Crippen MR) is 224 cm³/mol. The summed E-state index contributed by atoms with van der Waals surface area (Å²) in [5.41, 5.74) is 21.3. The third-order valence-corrected chi connectivity index (χ3v) is 11.2. The molecule has 0 aromatic heterocycles. The van der Waals surface area contributed by atoms with Crippen LogP contribution in [0.15, 0.2) is 200 Å². The van der Waals surface area contributed by atoms with Crippen molar-refractivity contribution in [3.63, 3.8) is 0 Å². The van der Waals surface area contributed by atoms with Crippen LogP contribution in [0.1, 0.15) is 0 Å². The first kappa shape index (κ1) is 29.7. The van der Waals surface area contributed by atoms with E-state index in [9.17, 15) is 0 Å². The molecule has 2 aliphatic carbocycles. The highest BCUT2D eigenvalue weighted by Crippen LogP contribution is 2.57. The summed E-state index contributed by atoms with van der Waals surface area (Å²) in [4.78, 5) is 2.39. The molecule has 0 spiro atoms. The molecule has 0 unspecified atom stereocenters. The van der Waals surface area contributed by atoms with Crippen LogP contribution in [0.2, 0.25) is 0 Å². The van der Waals surface area contributed by atoms with Gasteiger partial charge in [0, 0.05) is 16.8 Å². The third-order valence-electron chi connectivity index (χ3n) is 11.2. The average molecular weight is 672 g/mol. The topological polar surface area (TPSA) is 3.24 Å². The van der Waals surface area contributed by atoms with Gasteiger partial charge in [-0.2, -0.15) is 0 Å². The number of benzene rings is 9. The summed E-state index contributed by atoms with van der Waals surface area (Å²) in [6, 6.07) is 73.5. The number of anilines is 3. The molecule has 0 saturated carbocycles. The van der Waals surface area contributed by atoms with Crippen molar-refractivity contribution in [3.05, 3.63) is 200 Å². The molecular formula is C52H33N. The van der Waals surface area contributed by atoms with Gasteiger partial charge in [-0.3, -0.25) is 0 Å². The van der Waals surface area contributed by atoms with E-state index in [1.807, 2.05) is 0 Å². The van der Waals surface area contributed by atoms with Gasteiger partial charge in [0.1, 0.15) is 0 Å². The average Bonchev–Trinajstić information content (AvgIpc) is 3.34. The van der Waals surface area contributed by atoms with Crippen LogP contribution in [0.4, 0.5) is 17.1 Å². The molecule has 0 atom stereocenters. The van der Waals surface area contributed by atoms with Crippen LogP contribution >= 0.6 is 0 Å². The van der Waals surface area contributed by atoms with Gasteiger partial charge in [0.25, 0.3) is 0 Å². The van der Waals surface area contributed by atoms with Gasteiger partial charge in [0.15, 0.2) is 0 Å². The van der Waals surface area contributed by atoms with E-state index in [1.165, 1.54) is 88.7 Å². The second kappa shape index (κ2) is 11.8. The van der Waals surface area contributed by atoms with Gasteiger partial charge in [0.05, 0.1) is 5.69 Å². The highest BCUT2D eigenvalue weighted by molar-refractivity contribution is 6.15. The zero-order valence-electron chi connectivity index (χ0n) is 29.0. The van der Waals surface area contributed by atoms with Crippen molar-refractivity contribution in [1.29, 1.82) is 0 Å². The van der Waals surface area contributed by atoms with Gasteiger partial charge in [-0.05, 0) is 120 Å². The van der Waals surface area contributed by atoms with E-state index >= 15 is 0 Å². The number of fused-ring (bicyclic) bond motifs is 5. The lowest BCUT2D eigenvalue weighted by Gasteiger charge is -2.27. The van der Waals surface area contributed by atoms with Gasteiger partial charge in [0.2, 0.25) is 0 Å². The molecule has 0 saturated heterocycles. The Morgan fingerprint density at radius 2 is 0.717 bits per heavy atom. The first-order valence-corrected chi connectivity index (χ1v) is 18.3. The second-order valence-corrected chi connectivity index (χ2v) is 14.1. The van der Waals surface area contributed by atoms with Crippen molar-refractivity contribution < 1.29 is 0 Å². The Labute approximate surface area is 309 Å². The molecule has 11 rings (SSSR count). The molecule has 1 heteroatoms. The Hall–Kier alpha value is -6.96. The molecule has 0 N–H and O–H groups in total. The fraction of sp³-hybridized carbons (Fsp3) is 0. The highest BCUT2D eigenvalue weighted by Gasteiger charge is 2.30. The monoisotopic (exact) mass is 671 g/mol. The number of hydrogen-bond acceptors (Lipinski definition) is 1. The third kappa shape index (κ3) is 4.64. The molecule has 0 heterocycles. The van der Waals surface area contributed by atoms with Crippen LogP contribution in [-0.2, 0) is 0 Å². The van der Waals surface area contributed by atoms with Crippen LogP contribution in [0.25, 0.3) is 88.7 Å². The summed E-state index contributed by atoms with van der Waals surface area (Å²) in [5.74, 6) is 0. The van der Waals surface area contributed by atoms with Gasteiger partial charge in [-0.25, -0.2) is 0 Å². The summed E-state index contributed by atoms with van der Waals surface area (Å²) in [6.07, 6.45) is 0. The molecule has 0 fully saturated rings. The van der Waals surface area contributed by atoms with E-state index in [1.54, 1.807) is 0 Å². The molecule has 1 nitrogen and oxygen atoms in total. The smallest absolute Gasteiger partial charge is 0.0540 e. The predicted octanol–water partition coefficient (Wildman–Crippen LogP) is 14.6. The minimum absolute atomic E-state index is 1.12. The van der Waals surface area contributed by atoms with Crippen LogP contribution in [0, 0.1) is 0 Å². The van der Waals surface area contributed by atoms with Crippen molar-refractivity contribution in [2.24, 2.45) is 0 Å². The van der Waals surface area contributed by atoms with Gasteiger partial charge >= 0.3 is 0 Å². The van der Waals surface area contributed by atoms with E-state index in [-0.39, 0.29) is 0 Å². The minimum atomic E-state index is 1.12. The number of nitrogens with zero attached hydrogens (tertiary/aromatic N) is 1. The zero-order valence-corrected chi connectivity index (χ0v) is 29.0. The SMILES string of the molecule is c1ccc(-c2ccc(N(c3ccc(-c4ccc5c(c4)-c4c6cccc4-c4cccc-5c4-c4ccccc4-6)cc3)c3cccc4ccccc34)cc2)cc1. The van der Waals surface area contributed by atoms with Crippen molar-refractivity contribution >= 4 is 27.8 Å². The Morgan fingerprint density at radius 3 is 1.42 bits per heavy atom. The number of hydrogen-bond donors (Lipinski definition) is 0. The maximum absolute atomic E-state index is 2.42.